The maximum absolute atomic E-state index is 11.8. The minimum absolute atomic E-state index is 0.214. The van der Waals surface area contributed by atoms with E-state index >= 15 is 0 Å². The first-order valence-corrected chi connectivity index (χ1v) is 4.72. The van der Waals surface area contributed by atoms with E-state index in [2.05, 4.69) is 10.1 Å². The van der Waals surface area contributed by atoms with Gasteiger partial charge in [0.25, 0.3) is 0 Å². The SMILES string of the molecule is O=S(=O)(Cl)n1cnc(CF)n1. The van der Waals surface area contributed by atoms with Crippen LogP contribution in [0.25, 0.3) is 0 Å². The standard InChI is InChI=1S/C3H3ClFN3O2S/c4-11(9,10)8-2-6-3(1-5)7-8/h2H,1H2. The molecule has 0 aliphatic carbocycles. The summed E-state index contributed by atoms with van der Waals surface area (Å²) >= 11 is 0. The van der Waals surface area contributed by atoms with Gasteiger partial charge in [0, 0.05) is 10.7 Å². The van der Waals surface area contributed by atoms with Gasteiger partial charge in [-0.2, -0.15) is 8.42 Å². The van der Waals surface area contributed by atoms with Crippen LogP contribution in [0.3, 0.4) is 0 Å². The number of hydrogen-bond acceptors (Lipinski definition) is 4. The Balaban J connectivity index is 3.09. The van der Waals surface area contributed by atoms with Crippen molar-refractivity contribution in [2.45, 2.75) is 6.67 Å². The molecule has 1 rings (SSSR count). The highest BCUT2D eigenvalue weighted by atomic mass is 35.7. The van der Waals surface area contributed by atoms with Crippen molar-refractivity contribution in [2.75, 3.05) is 0 Å². The molecule has 5 nitrogen and oxygen atoms in total. The number of nitrogens with zero attached hydrogens (tertiary/aromatic N) is 3. The molecule has 0 aliphatic heterocycles. The molecule has 0 saturated heterocycles. The first-order chi connectivity index (χ1) is 5.04. The van der Waals surface area contributed by atoms with Crippen LogP contribution in [0.4, 0.5) is 4.39 Å². The number of halogens is 2. The van der Waals surface area contributed by atoms with Gasteiger partial charge in [-0.05, 0) is 0 Å². The number of hydrogen-bond donors (Lipinski definition) is 0. The van der Waals surface area contributed by atoms with Crippen LogP contribution in [-0.2, 0) is 15.9 Å². The van der Waals surface area contributed by atoms with Gasteiger partial charge in [0.05, 0.1) is 0 Å². The Morgan fingerprint density at radius 3 is 2.64 bits per heavy atom. The Kier molecular flexibility index (Phi) is 2.10. The lowest BCUT2D eigenvalue weighted by molar-refractivity contribution is 0.465. The van der Waals surface area contributed by atoms with E-state index in [4.69, 9.17) is 10.7 Å². The molecule has 0 unspecified atom stereocenters. The minimum Gasteiger partial charge on any atom is -0.242 e. The molecule has 0 atom stereocenters. The zero-order valence-corrected chi connectivity index (χ0v) is 6.68. The summed E-state index contributed by atoms with van der Waals surface area (Å²) in [4.78, 5) is 3.31. The molecule has 1 aromatic rings. The Bertz CT molecular complexity index is 347. The van der Waals surface area contributed by atoms with E-state index in [1.807, 2.05) is 0 Å². The minimum atomic E-state index is -3.94. The molecule has 0 spiro atoms. The third kappa shape index (κ3) is 1.87. The summed E-state index contributed by atoms with van der Waals surface area (Å²) in [5, 5.41) is 3.21. The Hall–Kier alpha value is -0.690. The molecule has 1 aromatic heterocycles. The zero-order chi connectivity index (χ0) is 8.48. The van der Waals surface area contributed by atoms with Gasteiger partial charge in [-0.25, -0.2) is 9.37 Å². The first-order valence-electron chi connectivity index (χ1n) is 2.45. The fraction of sp³-hybridized carbons (Fsp3) is 0.333. The van der Waals surface area contributed by atoms with Crippen LogP contribution < -0.4 is 0 Å². The van der Waals surface area contributed by atoms with Crippen LogP contribution in [0, 0.1) is 0 Å². The molecular formula is C3H3ClFN3O2S. The van der Waals surface area contributed by atoms with Crippen molar-refractivity contribution in [2.24, 2.45) is 0 Å². The Morgan fingerprint density at radius 2 is 2.36 bits per heavy atom. The molecule has 0 fully saturated rings. The lowest BCUT2D eigenvalue weighted by atomic mass is 10.7. The van der Waals surface area contributed by atoms with Crippen LogP contribution in [0.2, 0.25) is 0 Å². The summed E-state index contributed by atoms with van der Waals surface area (Å²) in [5.74, 6) is -0.214. The van der Waals surface area contributed by atoms with E-state index in [9.17, 15) is 12.8 Å². The van der Waals surface area contributed by atoms with E-state index in [1.54, 1.807) is 0 Å². The molecule has 62 valence electrons. The number of aromatic nitrogens is 3. The van der Waals surface area contributed by atoms with Gasteiger partial charge < -0.3 is 0 Å². The first kappa shape index (κ1) is 8.41. The second-order valence-corrected chi connectivity index (χ2v) is 3.98. The number of rotatable bonds is 2. The maximum Gasteiger partial charge on any atom is 0.341 e. The van der Waals surface area contributed by atoms with Crippen molar-refractivity contribution < 1.29 is 12.8 Å². The van der Waals surface area contributed by atoms with Crippen molar-refractivity contribution in [1.82, 2.24) is 14.2 Å². The highest BCUT2D eigenvalue weighted by molar-refractivity contribution is 8.12. The quantitative estimate of drug-likeness (QED) is 0.633. The molecule has 0 bridgehead atoms. The van der Waals surface area contributed by atoms with Crippen LogP contribution in [0.1, 0.15) is 5.82 Å². The van der Waals surface area contributed by atoms with E-state index in [0.29, 0.717) is 4.09 Å². The topological polar surface area (TPSA) is 64.8 Å². The fourth-order valence-electron chi connectivity index (χ4n) is 0.448. The van der Waals surface area contributed by atoms with E-state index in [0.717, 1.165) is 6.33 Å². The summed E-state index contributed by atoms with van der Waals surface area (Å²) < 4.78 is 33.1. The second-order valence-electron chi connectivity index (χ2n) is 1.61. The molecule has 0 N–H and O–H groups in total. The molecule has 11 heavy (non-hydrogen) atoms. The summed E-state index contributed by atoms with van der Waals surface area (Å²) in [5.41, 5.74) is 0. The largest absolute Gasteiger partial charge is 0.341 e. The van der Waals surface area contributed by atoms with Crippen molar-refractivity contribution >= 4 is 19.9 Å². The van der Waals surface area contributed by atoms with Crippen molar-refractivity contribution in [1.29, 1.82) is 0 Å². The average molecular weight is 200 g/mol. The van der Waals surface area contributed by atoms with Crippen LogP contribution in [-0.4, -0.2) is 22.6 Å². The molecule has 1 heterocycles. The smallest absolute Gasteiger partial charge is 0.242 e. The summed E-state index contributed by atoms with van der Waals surface area (Å²) in [6.45, 7) is -0.917. The Morgan fingerprint density at radius 1 is 1.73 bits per heavy atom. The predicted octanol–water partition coefficient (Wildman–Crippen LogP) is 0.0793. The third-order valence-corrected chi connectivity index (χ3v) is 1.91. The zero-order valence-electron chi connectivity index (χ0n) is 5.11. The third-order valence-electron chi connectivity index (χ3n) is 0.862. The molecular weight excluding hydrogens is 197 g/mol. The maximum atomic E-state index is 11.8. The molecule has 8 heteroatoms. The summed E-state index contributed by atoms with van der Waals surface area (Å²) in [6, 6.07) is 0. The van der Waals surface area contributed by atoms with Gasteiger partial charge in [0.1, 0.15) is 6.33 Å². The van der Waals surface area contributed by atoms with Gasteiger partial charge in [-0.3, -0.25) is 0 Å². The molecule has 0 saturated carbocycles. The lowest BCUT2D eigenvalue weighted by Crippen LogP contribution is -2.05. The van der Waals surface area contributed by atoms with Gasteiger partial charge >= 0.3 is 9.24 Å². The second kappa shape index (κ2) is 2.74. The van der Waals surface area contributed by atoms with Gasteiger partial charge in [-0.15, -0.1) is 9.19 Å². The van der Waals surface area contributed by atoms with Crippen molar-refractivity contribution in [3.8, 4) is 0 Å². The average Bonchev–Trinajstić information content (AvgIpc) is 2.32. The highest BCUT2D eigenvalue weighted by Gasteiger charge is 2.10. The Labute approximate surface area is 66.4 Å². The van der Waals surface area contributed by atoms with Crippen molar-refractivity contribution in [3.63, 3.8) is 0 Å². The van der Waals surface area contributed by atoms with Crippen LogP contribution >= 0.6 is 10.7 Å². The molecule has 0 aliphatic rings. The van der Waals surface area contributed by atoms with E-state index in [-0.39, 0.29) is 5.82 Å². The summed E-state index contributed by atoms with van der Waals surface area (Å²) in [7, 11) is 0.896. The summed E-state index contributed by atoms with van der Waals surface area (Å²) in [6.07, 6.45) is 0.831. The van der Waals surface area contributed by atoms with Crippen LogP contribution in [0.5, 0.6) is 0 Å². The molecule has 0 aromatic carbocycles. The number of alkyl halides is 1. The molecule has 0 radical (unpaired) electrons. The van der Waals surface area contributed by atoms with Gasteiger partial charge in [0.2, 0.25) is 0 Å². The fourth-order valence-corrected chi connectivity index (χ4v) is 0.999. The predicted molar refractivity (Wildman–Crippen MR) is 35.0 cm³/mol. The highest BCUT2D eigenvalue weighted by Crippen LogP contribution is 2.00. The molecule has 0 amide bonds. The normalized spacial score (nSPS) is 11.8. The lowest BCUT2D eigenvalue weighted by Gasteiger charge is -1.88. The van der Waals surface area contributed by atoms with Gasteiger partial charge in [0.15, 0.2) is 12.5 Å². The monoisotopic (exact) mass is 199 g/mol. The van der Waals surface area contributed by atoms with E-state index in [1.165, 1.54) is 0 Å². The van der Waals surface area contributed by atoms with Gasteiger partial charge in [-0.1, -0.05) is 0 Å². The van der Waals surface area contributed by atoms with E-state index < -0.39 is 15.9 Å². The van der Waals surface area contributed by atoms with Crippen molar-refractivity contribution in [3.05, 3.63) is 12.2 Å². The van der Waals surface area contributed by atoms with Crippen LogP contribution in [0.15, 0.2) is 6.33 Å².